The Hall–Kier alpha value is -3.81. The first-order valence-electron chi connectivity index (χ1n) is 10.5. The van der Waals surface area contributed by atoms with Gasteiger partial charge in [-0.25, -0.2) is 9.78 Å². The number of aryl methyl sites for hydroxylation is 1. The fourth-order valence-electron chi connectivity index (χ4n) is 3.85. The van der Waals surface area contributed by atoms with E-state index in [9.17, 15) is 19.2 Å². The molecule has 1 aliphatic rings. The molecule has 0 saturated heterocycles. The maximum atomic E-state index is 12.8. The highest BCUT2D eigenvalue weighted by molar-refractivity contribution is 6.04. The Kier molecular flexibility index (Phi) is 6.11. The van der Waals surface area contributed by atoms with E-state index >= 15 is 0 Å². The molecule has 164 valence electrons. The summed E-state index contributed by atoms with van der Waals surface area (Å²) < 4.78 is 6.85. The Morgan fingerprint density at radius 2 is 1.91 bits per heavy atom. The second-order valence-corrected chi connectivity index (χ2v) is 7.75. The second kappa shape index (κ2) is 9.13. The van der Waals surface area contributed by atoms with E-state index in [2.05, 4.69) is 10.3 Å². The molecule has 0 aliphatic carbocycles. The number of aromatic nitrogens is 2. The summed E-state index contributed by atoms with van der Waals surface area (Å²) in [4.78, 5) is 53.8. The normalized spacial score (nSPS) is 13.2. The summed E-state index contributed by atoms with van der Waals surface area (Å²) in [7, 11) is 0. The van der Waals surface area contributed by atoms with Crippen LogP contribution in [0.4, 0.5) is 5.69 Å². The average molecular weight is 433 g/mol. The number of carbonyl (C=O) groups excluding carboxylic acids is 3. The fraction of sp³-hybridized carbons (Fsp3) is 0.292. The zero-order valence-corrected chi connectivity index (χ0v) is 17.7. The highest BCUT2D eigenvalue weighted by Crippen LogP contribution is 2.18. The molecule has 1 aromatic heterocycles. The number of nitrogens with zero attached hydrogens (tertiary/aromatic N) is 2. The molecule has 8 heteroatoms. The first-order valence-corrected chi connectivity index (χ1v) is 10.5. The molecule has 2 heterocycles. The van der Waals surface area contributed by atoms with E-state index in [1.165, 1.54) is 19.1 Å². The molecule has 0 saturated carbocycles. The average Bonchev–Trinajstić information content (AvgIpc) is 3.03. The second-order valence-electron chi connectivity index (χ2n) is 7.75. The molecule has 0 fully saturated rings. The van der Waals surface area contributed by atoms with Gasteiger partial charge in [-0.1, -0.05) is 18.6 Å². The summed E-state index contributed by atoms with van der Waals surface area (Å²) in [6, 6.07) is 11.2. The minimum Gasteiger partial charge on any atom is -0.452 e. The van der Waals surface area contributed by atoms with Crippen LogP contribution in [0, 0.1) is 0 Å². The molecule has 32 heavy (non-hydrogen) atoms. The molecule has 8 nitrogen and oxygen atoms in total. The summed E-state index contributed by atoms with van der Waals surface area (Å²) in [5.74, 6) is -0.710. The third-order valence-corrected chi connectivity index (χ3v) is 5.47. The first kappa shape index (κ1) is 21.4. The van der Waals surface area contributed by atoms with Gasteiger partial charge in [0.25, 0.3) is 11.5 Å². The lowest BCUT2D eigenvalue weighted by Gasteiger charge is -2.11. The van der Waals surface area contributed by atoms with E-state index in [1.807, 2.05) is 0 Å². The largest absolute Gasteiger partial charge is 0.452 e. The lowest BCUT2D eigenvalue weighted by Crippen LogP contribution is -2.25. The lowest BCUT2D eigenvalue weighted by molar-refractivity contribution is -0.119. The maximum Gasteiger partial charge on any atom is 0.338 e. The van der Waals surface area contributed by atoms with Crippen LogP contribution in [0.5, 0.6) is 0 Å². The Morgan fingerprint density at radius 3 is 2.72 bits per heavy atom. The molecular formula is C24H23N3O5. The van der Waals surface area contributed by atoms with Gasteiger partial charge in [0.05, 0.1) is 22.2 Å². The van der Waals surface area contributed by atoms with Crippen LogP contribution >= 0.6 is 0 Å². The number of anilines is 1. The number of fused-ring (bicyclic) bond motifs is 2. The van der Waals surface area contributed by atoms with E-state index in [4.69, 9.17) is 4.74 Å². The minimum absolute atomic E-state index is 0.102. The van der Waals surface area contributed by atoms with E-state index < -0.39 is 18.5 Å². The summed E-state index contributed by atoms with van der Waals surface area (Å²) in [5.41, 5.74) is 1.28. The molecule has 4 rings (SSSR count). The van der Waals surface area contributed by atoms with Crippen LogP contribution in [0.25, 0.3) is 10.9 Å². The molecule has 0 bridgehead atoms. The highest BCUT2D eigenvalue weighted by Gasteiger charge is 2.17. The smallest absolute Gasteiger partial charge is 0.338 e. The van der Waals surface area contributed by atoms with Crippen LogP contribution in [-0.2, 0) is 22.5 Å². The zero-order chi connectivity index (χ0) is 22.7. The number of amides is 1. The van der Waals surface area contributed by atoms with E-state index in [1.54, 1.807) is 34.9 Å². The SMILES string of the molecule is CC(=O)c1ccccc1NC(=O)COC(=O)c1ccc2c(=O)n3c(nc2c1)CCCCC3. The van der Waals surface area contributed by atoms with Crippen molar-refractivity contribution in [2.24, 2.45) is 0 Å². The molecular weight excluding hydrogens is 410 g/mol. The number of hydrogen-bond acceptors (Lipinski definition) is 6. The molecule has 1 N–H and O–H groups in total. The summed E-state index contributed by atoms with van der Waals surface area (Å²) in [5, 5.41) is 3.03. The van der Waals surface area contributed by atoms with Gasteiger partial charge in [0.1, 0.15) is 5.82 Å². The third kappa shape index (κ3) is 4.44. The molecule has 3 aromatic rings. The van der Waals surface area contributed by atoms with Crippen LogP contribution in [0.2, 0.25) is 0 Å². The number of rotatable bonds is 5. The Bertz CT molecular complexity index is 1280. The van der Waals surface area contributed by atoms with Crippen LogP contribution in [0.1, 0.15) is 52.7 Å². The van der Waals surface area contributed by atoms with Gasteiger partial charge in [0.15, 0.2) is 12.4 Å². The van der Waals surface area contributed by atoms with Gasteiger partial charge >= 0.3 is 5.97 Å². The van der Waals surface area contributed by atoms with Gasteiger partial charge in [-0.05, 0) is 50.1 Å². The van der Waals surface area contributed by atoms with E-state index in [-0.39, 0.29) is 16.9 Å². The quantitative estimate of drug-likeness (QED) is 0.489. The van der Waals surface area contributed by atoms with Crippen molar-refractivity contribution in [1.29, 1.82) is 0 Å². The van der Waals surface area contributed by atoms with Gasteiger partial charge in [0, 0.05) is 18.5 Å². The Morgan fingerprint density at radius 1 is 1.09 bits per heavy atom. The Balaban J connectivity index is 1.48. The summed E-state index contributed by atoms with van der Waals surface area (Å²) in [6.45, 7) is 1.55. The number of hydrogen-bond donors (Lipinski definition) is 1. The molecule has 0 unspecified atom stereocenters. The maximum absolute atomic E-state index is 12.8. The van der Waals surface area contributed by atoms with E-state index in [0.717, 1.165) is 31.5 Å². The van der Waals surface area contributed by atoms with Crippen molar-refractivity contribution < 1.29 is 19.1 Å². The standard InChI is InChI=1S/C24H23N3O5/c1-15(28)17-7-4-5-8-19(17)26-22(29)14-32-24(31)16-10-11-18-20(13-16)25-21-9-3-2-6-12-27(21)23(18)30/h4-5,7-8,10-11,13H,2-3,6,9,12,14H2,1H3,(H,26,29). The van der Waals surface area contributed by atoms with Crippen molar-refractivity contribution >= 4 is 34.3 Å². The molecule has 0 spiro atoms. The van der Waals surface area contributed by atoms with Crippen molar-refractivity contribution in [3.63, 3.8) is 0 Å². The summed E-state index contributed by atoms with van der Waals surface area (Å²) >= 11 is 0. The minimum atomic E-state index is -0.696. The number of ether oxygens (including phenoxy) is 1. The number of benzene rings is 2. The first-order chi connectivity index (χ1) is 15.4. The zero-order valence-electron chi connectivity index (χ0n) is 17.7. The van der Waals surface area contributed by atoms with Gasteiger partial charge in [-0.2, -0.15) is 0 Å². The number of Topliss-reactive ketones (excluding diaryl/α,β-unsaturated/α-hetero) is 1. The number of nitrogens with one attached hydrogen (secondary N) is 1. The van der Waals surface area contributed by atoms with Crippen LogP contribution in [-0.4, -0.2) is 33.8 Å². The van der Waals surface area contributed by atoms with Crippen molar-refractivity contribution in [2.45, 2.75) is 39.2 Å². The molecule has 2 aromatic carbocycles. The molecule has 0 radical (unpaired) electrons. The van der Waals surface area contributed by atoms with Crippen molar-refractivity contribution in [2.75, 3.05) is 11.9 Å². The van der Waals surface area contributed by atoms with Crippen molar-refractivity contribution in [3.05, 3.63) is 69.8 Å². The number of para-hydroxylation sites is 1. The number of carbonyl (C=O) groups is 3. The fourth-order valence-corrected chi connectivity index (χ4v) is 3.85. The van der Waals surface area contributed by atoms with Gasteiger partial charge in [-0.3, -0.25) is 19.0 Å². The van der Waals surface area contributed by atoms with Gasteiger partial charge in [0.2, 0.25) is 0 Å². The van der Waals surface area contributed by atoms with Crippen molar-refractivity contribution in [3.8, 4) is 0 Å². The lowest BCUT2D eigenvalue weighted by atomic mass is 10.1. The summed E-state index contributed by atoms with van der Waals surface area (Å²) in [6.07, 6.45) is 3.70. The number of esters is 1. The van der Waals surface area contributed by atoms with Crippen LogP contribution in [0.15, 0.2) is 47.3 Å². The predicted octanol–water partition coefficient (Wildman–Crippen LogP) is 3.12. The molecule has 1 amide bonds. The molecule has 0 atom stereocenters. The molecule has 1 aliphatic heterocycles. The van der Waals surface area contributed by atoms with Crippen LogP contribution < -0.4 is 10.9 Å². The predicted molar refractivity (Wildman–Crippen MR) is 119 cm³/mol. The Labute approximate surface area is 184 Å². The monoisotopic (exact) mass is 433 g/mol. The van der Waals surface area contributed by atoms with Crippen molar-refractivity contribution in [1.82, 2.24) is 9.55 Å². The number of ketones is 1. The van der Waals surface area contributed by atoms with Gasteiger partial charge < -0.3 is 10.1 Å². The van der Waals surface area contributed by atoms with Gasteiger partial charge in [-0.15, -0.1) is 0 Å². The van der Waals surface area contributed by atoms with E-state index in [0.29, 0.717) is 28.7 Å². The topological polar surface area (TPSA) is 107 Å². The third-order valence-electron chi connectivity index (χ3n) is 5.47. The highest BCUT2D eigenvalue weighted by atomic mass is 16.5. The van der Waals surface area contributed by atoms with Crippen LogP contribution in [0.3, 0.4) is 0 Å².